The SMILES string of the molecule is COCC(=O)N1CCCc2ccc(NC(=O)CCc3ccccc3Br)cc21. The third kappa shape index (κ3) is 4.96. The topological polar surface area (TPSA) is 58.6 Å². The van der Waals surface area contributed by atoms with Crippen LogP contribution in [0.15, 0.2) is 46.9 Å². The number of hydrogen-bond donors (Lipinski definition) is 1. The van der Waals surface area contributed by atoms with Crippen molar-refractivity contribution >= 4 is 39.1 Å². The summed E-state index contributed by atoms with van der Waals surface area (Å²) in [6, 6.07) is 13.7. The molecule has 0 bridgehead atoms. The van der Waals surface area contributed by atoms with Crippen LogP contribution in [0.5, 0.6) is 0 Å². The molecule has 1 heterocycles. The predicted molar refractivity (Wildman–Crippen MR) is 110 cm³/mol. The van der Waals surface area contributed by atoms with E-state index in [1.54, 1.807) is 4.90 Å². The van der Waals surface area contributed by atoms with Crippen LogP contribution in [-0.4, -0.2) is 32.1 Å². The van der Waals surface area contributed by atoms with Crippen molar-refractivity contribution in [2.24, 2.45) is 0 Å². The zero-order valence-electron chi connectivity index (χ0n) is 15.3. The van der Waals surface area contributed by atoms with Crippen molar-refractivity contribution in [1.29, 1.82) is 0 Å². The molecule has 0 radical (unpaired) electrons. The monoisotopic (exact) mass is 430 g/mol. The number of ether oxygens (including phenoxy) is 1. The Balaban J connectivity index is 1.67. The Bertz CT molecular complexity index is 838. The average Bonchev–Trinajstić information content (AvgIpc) is 2.67. The molecule has 2 aromatic rings. The maximum Gasteiger partial charge on any atom is 0.252 e. The zero-order chi connectivity index (χ0) is 19.2. The van der Waals surface area contributed by atoms with Crippen molar-refractivity contribution in [3.8, 4) is 0 Å². The Kier molecular flexibility index (Phi) is 6.63. The van der Waals surface area contributed by atoms with Crippen LogP contribution in [0.3, 0.4) is 0 Å². The number of benzene rings is 2. The first-order valence-corrected chi connectivity index (χ1v) is 9.83. The van der Waals surface area contributed by atoms with Gasteiger partial charge < -0.3 is 15.0 Å². The number of anilines is 2. The van der Waals surface area contributed by atoms with E-state index in [1.807, 2.05) is 42.5 Å². The molecule has 2 amide bonds. The third-order valence-electron chi connectivity index (χ3n) is 4.64. The average molecular weight is 431 g/mol. The molecule has 1 aliphatic rings. The van der Waals surface area contributed by atoms with E-state index in [-0.39, 0.29) is 18.4 Å². The fraction of sp³-hybridized carbons (Fsp3) is 0.333. The summed E-state index contributed by atoms with van der Waals surface area (Å²) in [5.74, 6) is -0.105. The van der Waals surface area contributed by atoms with Crippen LogP contribution in [0.2, 0.25) is 0 Å². The normalized spacial score (nSPS) is 13.2. The Morgan fingerprint density at radius 3 is 2.81 bits per heavy atom. The number of amides is 2. The standard InChI is InChI=1S/C21H23BrN2O3/c1-27-14-21(26)24-12-4-6-16-8-10-17(13-19(16)24)23-20(25)11-9-15-5-2-3-7-18(15)22/h2-3,5,7-8,10,13H,4,6,9,11-12,14H2,1H3,(H,23,25). The summed E-state index contributed by atoms with van der Waals surface area (Å²) >= 11 is 3.51. The molecule has 2 aromatic carbocycles. The smallest absolute Gasteiger partial charge is 0.252 e. The molecule has 0 unspecified atom stereocenters. The highest BCUT2D eigenvalue weighted by molar-refractivity contribution is 9.10. The van der Waals surface area contributed by atoms with Crippen LogP contribution >= 0.6 is 15.9 Å². The summed E-state index contributed by atoms with van der Waals surface area (Å²) in [5.41, 5.74) is 3.81. The first kappa shape index (κ1) is 19.6. The highest BCUT2D eigenvalue weighted by Gasteiger charge is 2.22. The molecule has 0 aromatic heterocycles. The summed E-state index contributed by atoms with van der Waals surface area (Å²) in [5, 5.41) is 2.95. The van der Waals surface area contributed by atoms with Gasteiger partial charge in [0.25, 0.3) is 5.91 Å². The maximum atomic E-state index is 12.4. The minimum absolute atomic E-state index is 0.0451. The molecule has 0 saturated heterocycles. The molecule has 0 fully saturated rings. The first-order valence-electron chi connectivity index (χ1n) is 9.04. The molecule has 27 heavy (non-hydrogen) atoms. The van der Waals surface area contributed by atoms with Crippen molar-refractivity contribution in [2.45, 2.75) is 25.7 Å². The van der Waals surface area contributed by atoms with Crippen LogP contribution < -0.4 is 10.2 Å². The number of carbonyl (C=O) groups is 2. The van der Waals surface area contributed by atoms with Crippen molar-refractivity contribution in [1.82, 2.24) is 0 Å². The Labute approximate surface area is 167 Å². The molecule has 0 atom stereocenters. The van der Waals surface area contributed by atoms with Crippen molar-refractivity contribution < 1.29 is 14.3 Å². The fourth-order valence-electron chi connectivity index (χ4n) is 3.29. The van der Waals surface area contributed by atoms with E-state index < -0.39 is 0 Å². The number of methoxy groups -OCH3 is 1. The van der Waals surface area contributed by atoms with Crippen LogP contribution in [0.4, 0.5) is 11.4 Å². The number of hydrogen-bond acceptors (Lipinski definition) is 3. The summed E-state index contributed by atoms with van der Waals surface area (Å²) in [6.07, 6.45) is 2.92. The molecule has 0 spiro atoms. The summed E-state index contributed by atoms with van der Waals surface area (Å²) in [4.78, 5) is 26.4. The Hall–Kier alpha value is -2.18. The lowest BCUT2D eigenvalue weighted by Gasteiger charge is -2.30. The van der Waals surface area contributed by atoms with E-state index >= 15 is 0 Å². The zero-order valence-corrected chi connectivity index (χ0v) is 16.9. The second kappa shape index (κ2) is 9.15. The summed E-state index contributed by atoms with van der Waals surface area (Å²) in [6.45, 7) is 0.733. The molecule has 0 aliphatic carbocycles. The number of nitrogens with zero attached hydrogens (tertiary/aromatic N) is 1. The van der Waals surface area contributed by atoms with Gasteiger partial charge in [-0.1, -0.05) is 40.2 Å². The van der Waals surface area contributed by atoms with Crippen molar-refractivity contribution in [3.63, 3.8) is 0 Å². The molecular formula is C21H23BrN2O3. The van der Waals surface area contributed by atoms with Gasteiger partial charge in [-0.3, -0.25) is 9.59 Å². The van der Waals surface area contributed by atoms with Gasteiger partial charge in [0.15, 0.2) is 0 Å². The van der Waals surface area contributed by atoms with Crippen LogP contribution in [0.1, 0.15) is 24.0 Å². The molecule has 142 valence electrons. The maximum absolute atomic E-state index is 12.4. The van der Waals surface area contributed by atoms with Gasteiger partial charge in [-0.15, -0.1) is 0 Å². The van der Waals surface area contributed by atoms with Crippen molar-refractivity contribution in [3.05, 3.63) is 58.1 Å². The molecule has 1 aliphatic heterocycles. The molecular weight excluding hydrogens is 408 g/mol. The van der Waals surface area contributed by atoms with Crippen LogP contribution in [0.25, 0.3) is 0 Å². The lowest BCUT2D eigenvalue weighted by Crippen LogP contribution is -2.37. The molecule has 0 saturated carbocycles. The van der Waals surface area contributed by atoms with Gasteiger partial charge in [-0.2, -0.15) is 0 Å². The van der Waals surface area contributed by atoms with E-state index in [2.05, 4.69) is 21.2 Å². The quantitative estimate of drug-likeness (QED) is 0.754. The highest BCUT2D eigenvalue weighted by atomic mass is 79.9. The molecule has 5 nitrogen and oxygen atoms in total. The number of nitrogens with one attached hydrogen (secondary N) is 1. The second-order valence-electron chi connectivity index (χ2n) is 6.57. The number of carbonyl (C=O) groups excluding carboxylic acids is 2. The van der Waals surface area contributed by atoms with E-state index in [0.29, 0.717) is 25.1 Å². The second-order valence-corrected chi connectivity index (χ2v) is 7.42. The minimum Gasteiger partial charge on any atom is -0.375 e. The van der Waals surface area contributed by atoms with Gasteiger partial charge in [-0.05, 0) is 48.6 Å². The fourth-order valence-corrected chi connectivity index (χ4v) is 3.77. The predicted octanol–water partition coefficient (Wildman–Crippen LogP) is 3.95. The molecule has 6 heteroatoms. The number of rotatable bonds is 6. The number of aryl methyl sites for hydroxylation is 2. The van der Waals surface area contributed by atoms with Gasteiger partial charge in [0.2, 0.25) is 5.91 Å². The van der Waals surface area contributed by atoms with Gasteiger partial charge in [0, 0.05) is 35.9 Å². The molecule has 1 N–H and O–H groups in total. The van der Waals surface area contributed by atoms with Gasteiger partial charge >= 0.3 is 0 Å². The third-order valence-corrected chi connectivity index (χ3v) is 5.41. The van der Waals surface area contributed by atoms with Crippen LogP contribution in [0, 0.1) is 0 Å². The highest BCUT2D eigenvalue weighted by Crippen LogP contribution is 2.30. The van der Waals surface area contributed by atoms with E-state index in [1.165, 1.54) is 7.11 Å². The molecule has 3 rings (SSSR count). The van der Waals surface area contributed by atoms with Gasteiger partial charge in [0.05, 0.1) is 0 Å². The van der Waals surface area contributed by atoms with Gasteiger partial charge in [0.1, 0.15) is 6.61 Å². The van der Waals surface area contributed by atoms with E-state index in [0.717, 1.165) is 34.1 Å². The van der Waals surface area contributed by atoms with E-state index in [4.69, 9.17) is 4.74 Å². The van der Waals surface area contributed by atoms with E-state index in [9.17, 15) is 9.59 Å². The number of halogens is 1. The Morgan fingerprint density at radius 1 is 1.22 bits per heavy atom. The minimum atomic E-state index is -0.0594. The number of fused-ring (bicyclic) bond motifs is 1. The van der Waals surface area contributed by atoms with Crippen molar-refractivity contribution in [2.75, 3.05) is 30.5 Å². The summed E-state index contributed by atoms with van der Waals surface area (Å²) < 4.78 is 6.00. The largest absolute Gasteiger partial charge is 0.375 e. The summed E-state index contributed by atoms with van der Waals surface area (Å²) in [7, 11) is 1.52. The Morgan fingerprint density at radius 2 is 2.04 bits per heavy atom. The van der Waals surface area contributed by atoms with Crippen LogP contribution in [-0.2, 0) is 27.2 Å². The lowest BCUT2D eigenvalue weighted by atomic mass is 10.0. The van der Waals surface area contributed by atoms with Gasteiger partial charge in [-0.25, -0.2) is 0 Å². The lowest BCUT2D eigenvalue weighted by molar-refractivity contribution is -0.122. The first-order chi connectivity index (χ1) is 13.1.